The molecular weight excluding hydrogens is 1090 g/mol. The average Bonchev–Trinajstić information content (AvgIpc) is 3.68. The highest BCUT2D eigenvalue weighted by Crippen LogP contribution is 2.20. The molecule has 6 nitrogen and oxygen atoms in total. The molecule has 6 heteroatoms. The normalized spacial score (nSPS) is 12.5. The number of unbranched alkanes of at least 4 members (excludes halogenated alkanes) is 65. The molecule has 3 N–H and O–H groups in total. The van der Waals surface area contributed by atoms with Crippen LogP contribution in [0.1, 0.15) is 470 Å². The molecule has 0 spiro atoms. The molecule has 0 rings (SSSR count). The number of esters is 1. The number of carbonyl (C=O) groups excluding carboxylic acids is 2. The van der Waals surface area contributed by atoms with E-state index in [1.54, 1.807) is 6.08 Å². The minimum absolute atomic E-state index is 0.0139. The third-order valence-corrected chi connectivity index (χ3v) is 19.5. The molecule has 0 aromatic rings. The lowest BCUT2D eigenvalue weighted by atomic mass is 10.0. The molecule has 0 heterocycles. The zero-order valence-corrected chi connectivity index (χ0v) is 60.7. The van der Waals surface area contributed by atoms with E-state index < -0.39 is 12.1 Å². The van der Waals surface area contributed by atoms with E-state index in [0.29, 0.717) is 19.4 Å². The molecule has 2 unspecified atom stereocenters. The topological polar surface area (TPSA) is 95.9 Å². The Kier molecular flexibility index (Phi) is 77.3. The average molecular weight is 1250 g/mol. The summed E-state index contributed by atoms with van der Waals surface area (Å²) in [7, 11) is 0. The smallest absolute Gasteiger partial charge is 0.305 e. The zero-order chi connectivity index (χ0) is 64.2. The van der Waals surface area contributed by atoms with Gasteiger partial charge >= 0.3 is 5.97 Å². The second-order valence-corrected chi connectivity index (χ2v) is 28.5. The molecule has 0 fully saturated rings. The van der Waals surface area contributed by atoms with Crippen LogP contribution < -0.4 is 5.32 Å². The van der Waals surface area contributed by atoms with Crippen LogP contribution in [0.3, 0.4) is 0 Å². The Morgan fingerprint density at radius 3 is 0.798 bits per heavy atom. The van der Waals surface area contributed by atoms with Gasteiger partial charge < -0.3 is 20.3 Å². The molecule has 0 aromatic heterocycles. The van der Waals surface area contributed by atoms with Crippen molar-refractivity contribution in [3.05, 3.63) is 24.3 Å². The molecule has 0 saturated heterocycles. The summed E-state index contributed by atoms with van der Waals surface area (Å²) in [6.07, 6.45) is 102. The molecule has 528 valence electrons. The lowest BCUT2D eigenvalue weighted by Crippen LogP contribution is -2.45. The summed E-state index contributed by atoms with van der Waals surface area (Å²) in [4.78, 5) is 24.6. The van der Waals surface area contributed by atoms with Crippen molar-refractivity contribution in [2.45, 2.75) is 482 Å². The molecule has 0 saturated carbocycles. The van der Waals surface area contributed by atoms with Gasteiger partial charge in [0.2, 0.25) is 5.91 Å². The Balaban J connectivity index is 3.35. The second kappa shape index (κ2) is 78.8. The fourth-order valence-electron chi connectivity index (χ4n) is 13.2. The minimum Gasteiger partial charge on any atom is -0.466 e. The molecule has 0 aliphatic heterocycles. The van der Waals surface area contributed by atoms with E-state index in [1.165, 1.54) is 398 Å². The van der Waals surface area contributed by atoms with E-state index in [2.05, 4.69) is 31.3 Å². The SMILES string of the molecule is CCCCCCC/C=C\CCCCCCCC(=O)OCCCCCCCCCCCCCCCCCCCCCCCCCCCCCCCCCCCC(=O)NC(CO)C(O)/C=C/CCCCCCCCCCCCCCCCCCCCCCCCC. The fourth-order valence-corrected chi connectivity index (χ4v) is 13.2. The highest BCUT2D eigenvalue weighted by molar-refractivity contribution is 5.76. The number of nitrogens with one attached hydrogen (secondary N) is 1. The summed E-state index contributed by atoms with van der Waals surface area (Å²) in [5.41, 5.74) is 0. The number of aliphatic hydroxyl groups is 2. The van der Waals surface area contributed by atoms with Gasteiger partial charge in [0.15, 0.2) is 0 Å². The van der Waals surface area contributed by atoms with E-state index in [9.17, 15) is 19.8 Å². The van der Waals surface area contributed by atoms with Crippen LogP contribution >= 0.6 is 0 Å². The Morgan fingerprint density at radius 1 is 0.303 bits per heavy atom. The monoisotopic (exact) mass is 1250 g/mol. The molecule has 0 radical (unpaired) electrons. The number of carbonyl (C=O) groups is 2. The van der Waals surface area contributed by atoms with E-state index in [-0.39, 0.29) is 18.5 Å². The third-order valence-electron chi connectivity index (χ3n) is 19.5. The van der Waals surface area contributed by atoms with Crippen LogP contribution in [0.5, 0.6) is 0 Å². The molecule has 1 amide bonds. The first-order valence-corrected chi connectivity index (χ1v) is 41.1. The lowest BCUT2D eigenvalue weighted by molar-refractivity contribution is -0.143. The third kappa shape index (κ3) is 75.3. The van der Waals surface area contributed by atoms with Crippen molar-refractivity contribution in [1.29, 1.82) is 0 Å². The van der Waals surface area contributed by atoms with Gasteiger partial charge in [0.25, 0.3) is 0 Å². The van der Waals surface area contributed by atoms with Gasteiger partial charge in [-0.05, 0) is 57.8 Å². The van der Waals surface area contributed by atoms with Crippen LogP contribution in [0.15, 0.2) is 24.3 Å². The van der Waals surface area contributed by atoms with Crippen molar-refractivity contribution in [3.63, 3.8) is 0 Å². The Bertz CT molecular complexity index is 1400. The lowest BCUT2D eigenvalue weighted by Gasteiger charge is -2.20. The number of aliphatic hydroxyl groups excluding tert-OH is 2. The van der Waals surface area contributed by atoms with Crippen LogP contribution in [0.25, 0.3) is 0 Å². The first-order chi connectivity index (χ1) is 44.0. The summed E-state index contributed by atoms with van der Waals surface area (Å²) in [5.74, 6) is -0.0436. The van der Waals surface area contributed by atoms with E-state index in [1.807, 2.05) is 6.08 Å². The summed E-state index contributed by atoms with van der Waals surface area (Å²) in [6, 6.07) is -0.626. The van der Waals surface area contributed by atoms with Crippen LogP contribution in [0.4, 0.5) is 0 Å². The Hall–Kier alpha value is -1.66. The number of ether oxygens (including phenoxy) is 1. The predicted molar refractivity (Wildman–Crippen MR) is 393 cm³/mol. The number of hydrogen-bond acceptors (Lipinski definition) is 5. The molecule has 0 aromatic carbocycles. The Morgan fingerprint density at radius 2 is 0.528 bits per heavy atom. The van der Waals surface area contributed by atoms with Gasteiger partial charge in [-0.15, -0.1) is 0 Å². The molecule has 89 heavy (non-hydrogen) atoms. The Labute approximate surface area is 558 Å². The molecule has 0 aliphatic carbocycles. The predicted octanol–water partition coefficient (Wildman–Crippen LogP) is 27.2. The maximum atomic E-state index is 12.6. The van der Waals surface area contributed by atoms with Gasteiger partial charge in [-0.3, -0.25) is 9.59 Å². The van der Waals surface area contributed by atoms with Crippen molar-refractivity contribution in [2.75, 3.05) is 13.2 Å². The van der Waals surface area contributed by atoms with Gasteiger partial charge in [0.05, 0.1) is 25.4 Å². The van der Waals surface area contributed by atoms with Gasteiger partial charge in [0, 0.05) is 12.8 Å². The van der Waals surface area contributed by atoms with Crippen LogP contribution in [-0.4, -0.2) is 47.4 Å². The van der Waals surface area contributed by atoms with Crippen molar-refractivity contribution in [2.24, 2.45) is 0 Å². The van der Waals surface area contributed by atoms with Crippen LogP contribution in [-0.2, 0) is 14.3 Å². The highest BCUT2D eigenvalue weighted by atomic mass is 16.5. The quantitative estimate of drug-likeness (QED) is 0.0320. The van der Waals surface area contributed by atoms with E-state index in [0.717, 1.165) is 44.9 Å². The fraction of sp³-hybridized carbons (Fsp3) is 0.928. The highest BCUT2D eigenvalue weighted by Gasteiger charge is 2.18. The minimum atomic E-state index is -0.843. The summed E-state index contributed by atoms with van der Waals surface area (Å²) in [6.45, 7) is 4.95. The summed E-state index contributed by atoms with van der Waals surface area (Å²) < 4.78 is 5.50. The van der Waals surface area contributed by atoms with Crippen molar-refractivity contribution in [3.8, 4) is 0 Å². The van der Waals surface area contributed by atoms with Crippen LogP contribution in [0, 0.1) is 0 Å². The molecule has 0 bridgehead atoms. The van der Waals surface area contributed by atoms with Crippen molar-refractivity contribution < 1.29 is 24.5 Å². The molecular formula is C83H161NO5. The summed E-state index contributed by atoms with van der Waals surface area (Å²) in [5, 5.41) is 23.3. The van der Waals surface area contributed by atoms with Crippen LogP contribution in [0.2, 0.25) is 0 Å². The van der Waals surface area contributed by atoms with E-state index in [4.69, 9.17) is 4.74 Å². The van der Waals surface area contributed by atoms with Crippen molar-refractivity contribution >= 4 is 11.9 Å². The van der Waals surface area contributed by atoms with Gasteiger partial charge in [-0.25, -0.2) is 0 Å². The molecule has 0 aliphatic rings. The maximum absolute atomic E-state index is 12.6. The number of hydrogen-bond donors (Lipinski definition) is 3. The van der Waals surface area contributed by atoms with E-state index >= 15 is 0 Å². The number of allylic oxidation sites excluding steroid dienone is 3. The van der Waals surface area contributed by atoms with Crippen molar-refractivity contribution in [1.82, 2.24) is 5.32 Å². The zero-order valence-electron chi connectivity index (χ0n) is 60.7. The largest absolute Gasteiger partial charge is 0.466 e. The first kappa shape index (κ1) is 87.3. The number of rotatable bonds is 78. The standard InChI is InChI=1S/C83H161NO5/c1-3-5-7-9-11-13-15-17-19-20-21-22-23-33-36-39-42-45-48-51-55-59-63-67-71-75-81(86)80(79-85)84-82(87)76-72-68-64-60-56-52-49-46-43-40-37-34-31-29-27-25-24-26-28-30-32-35-38-41-44-47-50-54-58-62-66-70-74-78-89-83(88)77-73-69-65-61-57-53-18-16-14-12-10-8-6-4-2/h16,18,71,75,80-81,85-86H,3-15,17,19-70,72-74,76-79H2,1-2H3,(H,84,87)/b18-16-,75-71+. The second-order valence-electron chi connectivity index (χ2n) is 28.5. The number of amides is 1. The maximum Gasteiger partial charge on any atom is 0.305 e. The molecule has 2 atom stereocenters. The first-order valence-electron chi connectivity index (χ1n) is 41.1. The summed E-state index contributed by atoms with van der Waals surface area (Å²) >= 11 is 0. The van der Waals surface area contributed by atoms with Gasteiger partial charge in [-0.1, -0.05) is 423 Å². The van der Waals surface area contributed by atoms with Gasteiger partial charge in [-0.2, -0.15) is 0 Å². The van der Waals surface area contributed by atoms with Gasteiger partial charge in [0.1, 0.15) is 0 Å².